The van der Waals surface area contributed by atoms with Crippen LogP contribution in [0.1, 0.15) is 24.7 Å². The standard InChI is InChI=1S/C35H35N7O/c1-4-29-21-42(15-16-43-29)28-10-12-31-30(20-28)33(18-23(3)37-31)39-25-7-5-24(6-8-25)35-40-32-11-9-26(19-34(32)41-35)38-27-13-14-36-22(2)17-27/h5-14,17-20,29H,4,15-16,21H2,1-3H3,(H,36,38)(H,37,39)(H,40,41)/t29-/m0/s1. The molecule has 0 spiro atoms. The Morgan fingerprint density at radius 3 is 2.51 bits per heavy atom. The van der Waals surface area contributed by atoms with Crippen molar-refractivity contribution < 1.29 is 4.74 Å². The van der Waals surface area contributed by atoms with Gasteiger partial charge in [0.05, 0.1) is 29.3 Å². The van der Waals surface area contributed by atoms with E-state index < -0.39 is 0 Å². The van der Waals surface area contributed by atoms with E-state index in [9.17, 15) is 0 Å². The molecule has 3 aromatic heterocycles. The smallest absolute Gasteiger partial charge is 0.138 e. The lowest BCUT2D eigenvalue weighted by atomic mass is 10.1. The number of benzene rings is 3. The molecule has 1 aliphatic heterocycles. The number of pyridine rings is 2. The number of hydrogen-bond donors (Lipinski definition) is 3. The van der Waals surface area contributed by atoms with E-state index in [1.165, 1.54) is 5.69 Å². The molecule has 0 saturated carbocycles. The first kappa shape index (κ1) is 26.9. The maximum atomic E-state index is 5.90. The average molecular weight is 570 g/mol. The van der Waals surface area contributed by atoms with Crippen LogP contribution >= 0.6 is 0 Å². The number of aromatic amines is 1. The Kier molecular flexibility index (Phi) is 7.12. The van der Waals surface area contributed by atoms with E-state index in [0.29, 0.717) is 0 Å². The van der Waals surface area contributed by atoms with Gasteiger partial charge in [-0.25, -0.2) is 4.98 Å². The molecule has 6 aromatic rings. The highest BCUT2D eigenvalue weighted by Crippen LogP contribution is 2.32. The van der Waals surface area contributed by atoms with E-state index in [2.05, 4.69) is 99.2 Å². The van der Waals surface area contributed by atoms with E-state index in [0.717, 1.165) is 93.6 Å². The summed E-state index contributed by atoms with van der Waals surface area (Å²) in [6.07, 6.45) is 3.11. The number of aromatic nitrogens is 4. The first-order valence-corrected chi connectivity index (χ1v) is 14.9. The predicted molar refractivity (Wildman–Crippen MR) is 176 cm³/mol. The zero-order valence-corrected chi connectivity index (χ0v) is 24.7. The van der Waals surface area contributed by atoms with Gasteiger partial charge < -0.3 is 25.3 Å². The van der Waals surface area contributed by atoms with Crippen LogP contribution in [0, 0.1) is 13.8 Å². The van der Waals surface area contributed by atoms with Gasteiger partial charge in [-0.15, -0.1) is 0 Å². The second kappa shape index (κ2) is 11.4. The third-order valence-electron chi connectivity index (χ3n) is 7.99. The Bertz CT molecular complexity index is 1910. The molecule has 43 heavy (non-hydrogen) atoms. The molecule has 8 nitrogen and oxygen atoms in total. The zero-order chi connectivity index (χ0) is 29.3. The normalized spacial score (nSPS) is 15.2. The molecule has 0 amide bonds. The van der Waals surface area contributed by atoms with Crippen molar-refractivity contribution in [3.8, 4) is 11.4 Å². The molecule has 0 radical (unpaired) electrons. The Morgan fingerprint density at radius 1 is 0.837 bits per heavy atom. The van der Waals surface area contributed by atoms with Crippen LogP contribution in [0.5, 0.6) is 0 Å². The highest BCUT2D eigenvalue weighted by atomic mass is 16.5. The van der Waals surface area contributed by atoms with E-state index >= 15 is 0 Å². The van der Waals surface area contributed by atoms with Gasteiger partial charge in [-0.3, -0.25) is 9.97 Å². The Morgan fingerprint density at radius 2 is 1.67 bits per heavy atom. The Balaban J connectivity index is 1.12. The van der Waals surface area contributed by atoms with Crippen molar-refractivity contribution in [2.45, 2.75) is 33.3 Å². The first-order chi connectivity index (χ1) is 21.0. The molecule has 4 heterocycles. The number of rotatable bonds is 7. The van der Waals surface area contributed by atoms with Gasteiger partial charge in [-0.2, -0.15) is 0 Å². The number of imidazole rings is 1. The van der Waals surface area contributed by atoms with E-state index in [4.69, 9.17) is 14.7 Å². The number of anilines is 5. The maximum Gasteiger partial charge on any atom is 0.138 e. The van der Waals surface area contributed by atoms with Crippen molar-refractivity contribution >= 4 is 50.4 Å². The van der Waals surface area contributed by atoms with Gasteiger partial charge in [0, 0.05) is 70.1 Å². The molecule has 216 valence electrons. The molecule has 1 saturated heterocycles. The summed E-state index contributed by atoms with van der Waals surface area (Å²) >= 11 is 0. The van der Waals surface area contributed by atoms with Crippen molar-refractivity contribution in [2.75, 3.05) is 35.2 Å². The molecule has 3 N–H and O–H groups in total. The van der Waals surface area contributed by atoms with Crippen LogP contribution in [0.3, 0.4) is 0 Å². The van der Waals surface area contributed by atoms with Crippen LogP contribution < -0.4 is 15.5 Å². The van der Waals surface area contributed by atoms with Gasteiger partial charge in [0.15, 0.2) is 0 Å². The number of nitrogens with one attached hydrogen (secondary N) is 3. The highest BCUT2D eigenvalue weighted by Gasteiger charge is 2.20. The molecule has 0 aliphatic carbocycles. The van der Waals surface area contributed by atoms with Crippen molar-refractivity contribution in [1.82, 2.24) is 19.9 Å². The molecule has 0 unspecified atom stereocenters. The number of H-pyrrole nitrogens is 1. The molecular formula is C35H35N7O. The molecule has 8 heteroatoms. The summed E-state index contributed by atoms with van der Waals surface area (Å²) in [4.78, 5) is 19.8. The lowest BCUT2D eigenvalue weighted by Crippen LogP contribution is -2.42. The Labute approximate surface area is 251 Å². The summed E-state index contributed by atoms with van der Waals surface area (Å²) < 4.78 is 5.90. The minimum absolute atomic E-state index is 0.276. The van der Waals surface area contributed by atoms with Crippen molar-refractivity contribution in [1.29, 1.82) is 0 Å². The highest BCUT2D eigenvalue weighted by molar-refractivity contribution is 5.95. The fourth-order valence-electron chi connectivity index (χ4n) is 5.72. The van der Waals surface area contributed by atoms with Crippen LogP contribution in [-0.2, 0) is 4.74 Å². The number of aryl methyl sites for hydroxylation is 2. The summed E-state index contributed by atoms with van der Waals surface area (Å²) in [6, 6.07) is 27.2. The lowest BCUT2D eigenvalue weighted by Gasteiger charge is -2.34. The van der Waals surface area contributed by atoms with Crippen LogP contribution in [-0.4, -0.2) is 45.7 Å². The number of ether oxygens (including phenoxy) is 1. The van der Waals surface area contributed by atoms with E-state index in [1.54, 1.807) is 0 Å². The van der Waals surface area contributed by atoms with Gasteiger partial charge >= 0.3 is 0 Å². The van der Waals surface area contributed by atoms with Gasteiger partial charge in [0.2, 0.25) is 0 Å². The third-order valence-corrected chi connectivity index (χ3v) is 7.99. The largest absolute Gasteiger partial charge is 0.375 e. The third kappa shape index (κ3) is 5.74. The maximum absolute atomic E-state index is 5.90. The zero-order valence-electron chi connectivity index (χ0n) is 24.7. The van der Waals surface area contributed by atoms with Gasteiger partial charge in [0.25, 0.3) is 0 Å². The number of fused-ring (bicyclic) bond motifs is 2. The predicted octanol–water partition coefficient (Wildman–Crippen LogP) is 7.89. The summed E-state index contributed by atoms with van der Waals surface area (Å²) in [5, 5.41) is 8.20. The SMILES string of the molecule is CC[C@H]1CN(c2ccc3nc(C)cc(Nc4ccc(-c5nc6cc(Nc7ccnc(C)c7)ccc6[nH]5)cc4)c3c2)CCO1. The van der Waals surface area contributed by atoms with Crippen LogP contribution in [0.15, 0.2) is 85.1 Å². The molecule has 7 rings (SSSR count). The molecule has 1 atom stereocenters. The molecule has 3 aromatic carbocycles. The van der Waals surface area contributed by atoms with Gasteiger partial charge in [-0.05, 0) is 99.1 Å². The van der Waals surface area contributed by atoms with Gasteiger partial charge in [-0.1, -0.05) is 6.92 Å². The lowest BCUT2D eigenvalue weighted by molar-refractivity contribution is 0.0384. The topological polar surface area (TPSA) is 91.0 Å². The van der Waals surface area contributed by atoms with Crippen LogP contribution in [0.25, 0.3) is 33.3 Å². The van der Waals surface area contributed by atoms with Crippen LogP contribution in [0.4, 0.5) is 28.4 Å². The number of nitrogens with zero attached hydrogens (tertiary/aromatic N) is 4. The van der Waals surface area contributed by atoms with E-state index in [-0.39, 0.29) is 6.10 Å². The number of morpholine rings is 1. The summed E-state index contributed by atoms with van der Waals surface area (Å²) in [5.41, 5.74) is 11.1. The summed E-state index contributed by atoms with van der Waals surface area (Å²) in [7, 11) is 0. The van der Waals surface area contributed by atoms with Crippen molar-refractivity contribution in [2.24, 2.45) is 0 Å². The summed E-state index contributed by atoms with van der Waals surface area (Å²) in [6.45, 7) is 8.78. The quantitative estimate of drug-likeness (QED) is 0.180. The minimum Gasteiger partial charge on any atom is -0.375 e. The summed E-state index contributed by atoms with van der Waals surface area (Å²) in [5.74, 6) is 0.837. The van der Waals surface area contributed by atoms with Crippen LogP contribution in [0.2, 0.25) is 0 Å². The number of hydrogen-bond acceptors (Lipinski definition) is 7. The molecular weight excluding hydrogens is 534 g/mol. The minimum atomic E-state index is 0.276. The van der Waals surface area contributed by atoms with Gasteiger partial charge in [0.1, 0.15) is 5.82 Å². The molecule has 1 aliphatic rings. The van der Waals surface area contributed by atoms with Crippen molar-refractivity contribution in [3.63, 3.8) is 0 Å². The second-order valence-electron chi connectivity index (χ2n) is 11.2. The Hall–Kier alpha value is -4.95. The average Bonchev–Trinajstić information content (AvgIpc) is 3.45. The molecule has 0 bridgehead atoms. The second-order valence-corrected chi connectivity index (χ2v) is 11.2. The first-order valence-electron chi connectivity index (χ1n) is 14.9. The molecule has 1 fully saturated rings. The van der Waals surface area contributed by atoms with E-state index in [1.807, 2.05) is 32.2 Å². The van der Waals surface area contributed by atoms with Crippen molar-refractivity contribution in [3.05, 3.63) is 96.4 Å². The monoisotopic (exact) mass is 569 g/mol. The fraction of sp³-hybridized carbons (Fsp3) is 0.229. The fourth-order valence-corrected chi connectivity index (χ4v) is 5.72.